The third-order valence-electron chi connectivity index (χ3n) is 2.85. The molecule has 0 saturated heterocycles. The molecular formula is C12H16N2O3. The molecule has 1 aliphatic rings. The van der Waals surface area contributed by atoms with Crippen molar-refractivity contribution in [1.82, 2.24) is 9.97 Å². The van der Waals surface area contributed by atoms with Gasteiger partial charge in [-0.3, -0.25) is 0 Å². The van der Waals surface area contributed by atoms with Gasteiger partial charge in [-0.1, -0.05) is 12.2 Å². The summed E-state index contributed by atoms with van der Waals surface area (Å²) < 4.78 is 10.1. The van der Waals surface area contributed by atoms with Crippen LogP contribution in [0.4, 0.5) is 0 Å². The van der Waals surface area contributed by atoms with E-state index < -0.39 is 5.60 Å². The molecule has 0 amide bonds. The molecule has 1 aliphatic carbocycles. The van der Waals surface area contributed by atoms with E-state index >= 15 is 0 Å². The van der Waals surface area contributed by atoms with Crippen LogP contribution in [0.5, 0.6) is 11.8 Å². The zero-order valence-electron chi connectivity index (χ0n) is 10.0. The summed E-state index contributed by atoms with van der Waals surface area (Å²) in [5.74, 6) is 0.674. The van der Waals surface area contributed by atoms with Gasteiger partial charge in [-0.05, 0) is 19.3 Å². The van der Waals surface area contributed by atoms with Crippen molar-refractivity contribution >= 4 is 0 Å². The molecule has 1 aromatic rings. The molecule has 0 aromatic carbocycles. The Morgan fingerprint density at radius 2 is 2.18 bits per heavy atom. The first kappa shape index (κ1) is 11.9. The lowest BCUT2D eigenvalue weighted by Crippen LogP contribution is -2.27. The number of allylic oxidation sites excluding steroid dienone is 1. The Labute approximate surface area is 100 Å². The molecule has 1 heterocycles. The summed E-state index contributed by atoms with van der Waals surface area (Å²) in [6, 6.07) is 0. The average Bonchev–Trinajstić information content (AvgIpc) is 2.38. The Bertz CT molecular complexity index is 434. The molecule has 0 fully saturated rings. The molecule has 1 N–H and O–H groups in total. The van der Waals surface area contributed by atoms with Crippen LogP contribution >= 0.6 is 0 Å². The number of ether oxygens (including phenoxy) is 2. The lowest BCUT2D eigenvalue weighted by atomic mass is 9.88. The van der Waals surface area contributed by atoms with E-state index in [2.05, 4.69) is 9.97 Å². The zero-order chi connectivity index (χ0) is 12.3. The van der Waals surface area contributed by atoms with Crippen LogP contribution in [0.15, 0.2) is 18.3 Å². The maximum absolute atomic E-state index is 10.5. The van der Waals surface area contributed by atoms with Crippen LogP contribution in [0.1, 0.15) is 25.0 Å². The highest BCUT2D eigenvalue weighted by Gasteiger charge is 2.33. The first-order chi connectivity index (χ1) is 8.19. The van der Waals surface area contributed by atoms with Crippen LogP contribution in [0.2, 0.25) is 0 Å². The molecule has 17 heavy (non-hydrogen) atoms. The molecule has 5 heteroatoms. The largest absolute Gasteiger partial charge is 0.480 e. The SMILES string of the molecule is COc1cnc(C2(O)C=CCCC2)c(OC)n1. The van der Waals surface area contributed by atoms with E-state index in [-0.39, 0.29) is 0 Å². The van der Waals surface area contributed by atoms with Crippen molar-refractivity contribution < 1.29 is 14.6 Å². The van der Waals surface area contributed by atoms with Crippen molar-refractivity contribution in [3.8, 4) is 11.8 Å². The van der Waals surface area contributed by atoms with Gasteiger partial charge in [-0.2, -0.15) is 4.98 Å². The molecule has 1 atom stereocenters. The number of hydrogen-bond acceptors (Lipinski definition) is 5. The van der Waals surface area contributed by atoms with Crippen LogP contribution in [0.3, 0.4) is 0 Å². The molecular weight excluding hydrogens is 220 g/mol. The summed E-state index contributed by atoms with van der Waals surface area (Å²) >= 11 is 0. The van der Waals surface area contributed by atoms with Gasteiger partial charge in [0.05, 0.1) is 20.4 Å². The fraction of sp³-hybridized carbons (Fsp3) is 0.500. The standard InChI is InChI=1S/C12H16N2O3/c1-16-9-8-13-10(11(14-9)17-2)12(15)6-4-3-5-7-12/h4,6,8,15H,3,5,7H2,1-2H3. The molecule has 1 unspecified atom stereocenters. The predicted molar refractivity (Wildman–Crippen MR) is 62.0 cm³/mol. The molecule has 0 saturated carbocycles. The monoisotopic (exact) mass is 236 g/mol. The Morgan fingerprint density at radius 3 is 2.76 bits per heavy atom. The molecule has 0 bridgehead atoms. The van der Waals surface area contributed by atoms with Gasteiger partial charge >= 0.3 is 0 Å². The summed E-state index contributed by atoms with van der Waals surface area (Å²) in [7, 11) is 3.02. The maximum Gasteiger partial charge on any atom is 0.242 e. The molecule has 0 radical (unpaired) electrons. The minimum absolute atomic E-state index is 0.304. The van der Waals surface area contributed by atoms with Crippen LogP contribution in [0.25, 0.3) is 0 Å². The highest BCUT2D eigenvalue weighted by Crippen LogP contribution is 2.35. The summed E-state index contributed by atoms with van der Waals surface area (Å²) in [4.78, 5) is 8.33. The first-order valence-electron chi connectivity index (χ1n) is 5.55. The Hall–Kier alpha value is -1.62. The quantitative estimate of drug-likeness (QED) is 0.804. The van der Waals surface area contributed by atoms with Crippen molar-refractivity contribution in [1.29, 1.82) is 0 Å². The van der Waals surface area contributed by atoms with Crippen molar-refractivity contribution in [2.24, 2.45) is 0 Å². The average molecular weight is 236 g/mol. The second-order valence-electron chi connectivity index (χ2n) is 3.99. The van der Waals surface area contributed by atoms with E-state index in [0.29, 0.717) is 23.9 Å². The van der Waals surface area contributed by atoms with Gasteiger partial charge in [0.25, 0.3) is 0 Å². The third-order valence-corrected chi connectivity index (χ3v) is 2.85. The fourth-order valence-corrected chi connectivity index (χ4v) is 1.94. The van der Waals surface area contributed by atoms with Gasteiger partial charge in [-0.25, -0.2) is 4.98 Å². The number of aromatic nitrogens is 2. The minimum Gasteiger partial charge on any atom is -0.480 e. The Kier molecular flexibility index (Phi) is 3.28. The topological polar surface area (TPSA) is 64.5 Å². The molecule has 2 rings (SSSR count). The van der Waals surface area contributed by atoms with Crippen molar-refractivity contribution in [2.45, 2.75) is 24.9 Å². The smallest absolute Gasteiger partial charge is 0.242 e. The molecule has 1 aromatic heterocycles. The van der Waals surface area contributed by atoms with Gasteiger partial charge in [-0.15, -0.1) is 0 Å². The number of rotatable bonds is 3. The van der Waals surface area contributed by atoms with Gasteiger partial charge in [0.15, 0.2) is 0 Å². The lowest BCUT2D eigenvalue weighted by molar-refractivity contribution is 0.0641. The summed E-state index contributed by atoms with van der Waals surface area (Å²) in [6.45, 7) is 0. The van der Waals surface area contributed by atoms with E-state index in [1.165, 1.54) is 20.4 Å². The highest BCUT2D eigenvalue weighted by molar-refractivity contribution is 5.32. The minimum atomic E-state index is -1.08. The second kappa shape index (κ2) is 4.71. The van der Waals surface area contributed by atoms with Crippen LogP contribution in [-0.4, -0.2) is 29.3 Å². The number of aliphatic hydroxyl groups is 1. The van der Waals surface area contributed by atoms with Crippen LogP contribution in [0, 0.1) is 0 Å². The normalized spacial score (nSPS) is 23.5. The van der Waals surface area contributed by atoms with Crippen molar-refractivity contribution in [3.05, 3.63) is 24.0 Å². The number of methoxy groups -OCH3 is 2. The Balaban J connectivity index is 2.43. The van der Waals surface area contributed by atoms with Crippen molar-refractivity contribution in [3.63, 3.8) is 0 Å². The van der Waals surface area contributed by atoms with E-state index in [4.69, 9.17) is 9.47 Å². The predicted octanol–water partition coefficient (Wildman–Crippen LogP) is 1.42. The number of hydrogen-bond donors (Lipinski definition) is 1. The van der Waals surface area contributed by atoms with E-state index in [9.17, 15) is 5.11 Å². The van der Waals surface area contributed by atoms with E-state index in [1.807, 2.05) is 6.08 Å². The van der Waals surface area contributed by atoms with Gasteiger partial charge in [0.1, 0.15) is 11.3 Å². The molecule has 0 aliphatic heterocycles. The molecule has 92 valence electrons. The van der Waals surface area contributed by atoms with Gasteiger partial charge in [0, 0.05) is 0 Å². The molecule has 0 spiro atoms. The van der Waals surface area contributed by atoms with Crippen molar-refractivity contribution in [2.75, 3.05) is 14.2 Å². The van der Waals surface area contributed by atoms with Gasteiger partial charge < -0.3 is 14.6 Å². The highest BCUT2D eigenvalue weighted by atomic mass is 16.5. The number of nitrogens with zero attached hydrogens (tertiary/aromatic N) is 2. The maximum atomic E-state index is 10.5. The zero-order valence-corrected chi connectivity index (χ0v) is 10.0. The van der Waals surface area contributed by atoms with E-state index in [1.54, 1.807) is 6.08 Å². The fourth-order valence-electron chi connectivity index (χ4n) is 1.94. The third kappa shape index (κ3) is 2.24. The summed E-state index contributed by atoms with van der Waals surface area (Å²) in [6.07, 6.45) is 7.72. The van der Waals surface area contributed by atoms with E-state index in [0.717, 1.165) is 12.8 Å². The summed E-state index contributed by atoms with van der Waals surface area (Å²) in [5, 5.41) is 10.5. The second-order valence-corrected chi connectivity index (χ2v) is 3.99. The summed E-state index contributed by atoms with van der Waals surface area (Å²) in [5.41, 5.74) is -0.639. The molecule has 5 nitrogen and oxygen atoms in total. The Morgan fingerprint density at radius 1 is 1.35 bits per heavy atom. The van der Waals surface area contributed by atoms with Crippen LogP contribution in [-0.2, 0) is 5.60 Å². The first-order valence-corrected chi connectivity index (χ1v) is 5.55. The lowest BCUT2D eigenvalue weighted by Gasteiger charge is -2.27. The van der Waals surface area contributed by atoms with Crippen LogP contribution < -0.4 is 9.47 Å². The van der Waals surface area contributed by atoms with Gasteiger partial charge in [0.2, 0.25) is 11.8 Å².